The number of rotatable bonds is 14. The number of primary amides is 1. The zero-order valence-corrected chi connectivity index (χ0v) is 20.4. The van der Waals surface area contributed by atoms with E-state index in [0.29, 0.717) is 6.42 Å². The van der Waals surface area contributed by atoms with Gasteiger partial charge in [-0.15, -0.1) is 0 Å². The van der Waals surface area contributed by atoms with Gasteiger partial charge in [-0.1, -0.05) is 38.5 Å². The van der Waals surface area contributed by atoms with Crippen LogP contribution in [-0.4, -0.2) is 64.4 Å². The number of para-hydroxylation sites is 1. The lowest BCUT2D eigenvalue weighted by atomic mass is 9.97. The number of hydrogen-bond acceptors (Lipinski definition) is 6. The number of fused-ring (bicyclic) bond motifs is 1. The van der Waals surface area contributed by atoms with Crippen LogP contribution in [0.4, 0.5) is 0 Å². The Bertz CT molecular complexity index is 1100. The lowest BCUT2D eigenvalue weighted by Crippen LogP contribution is -2.57. The fourth-order valence-corrected chi connectivity index (χ4v) is 3.69. The Morgan fingerprint density at radius 1 is 1.06 bits per heavy atom. The van der Waals surface area contributed by atoms with Gasteiger partial charge >= 0.3 is 5.97 Å². The van der Waals surface area contributed by atoms with Gasteiger partial charge in [0.25, 0.3) is 0 Å². The normalized spacial score (nSPS) is 14.3. The van der Waals surface area contributed by atoms with E-state index in [1.165, 1.54) is 0 Å². The molecule has 0 saturated heterocycles. The van der Waals surface area contributed by atoms with Crippen molar-refractivity contribution in [3.63, 3.8) is 0 Å². The van der Waals surface area contributed by atoms with Crippen LogP contribution in [0.1, 0.15) is 38.7 Å². The average molecular weight is 503 g/mol. The van der Waals surface area contributed by atoms with Crippen molar-refractivity contribution in [1.29, 1.82) is 0 Å². The van der Waals surface area contributed by atoms with Crippen LogP contribution in [-0.2, 0) is 30.4 Å². The van der Waals surface area contributed by atoms with Crippen molar-refractivity contribution in [2.75, 3.05) is 6.54 Å². The summed E-state index contributed by atoms with van der Waals surface area (Å²) in [7, 11) is 0. The maximum atomic E-state index is 13.1. The van der Waals surface area contributed by atoms with Crippen molar-refractivity contribution >= 4 is 40.5 Å². The number of amides is 4. The van der Waals surface area contributed by atoms with Gasteiger partial charge in [0.2, 0.25) is 23.6 Å². The van der Waals surface area contributed by atoms with E-state index in [1.807, 2.05) is 31.2 Å². The molecule has 0 aliphatic heterocycles. The van der Waals surface area contributed by atoms with E-state index >= 15 is 0 Å². The van der Waals surface area contributed by atoms with E-state index in [2.05, 4.69) is 20.9 Å². The molecule has 196 valence electrons. The first kappa shape index (κ1) is 28.3. The smallest absolute Gasteiger partial charge is 0.322 e. The molecule has 1 aromatic carbocycles. The van der Waals surface area contributed by atoms with Crippen LogP contribution < -0.4 is 27.4 Å². The number of aromatic amines is 1. The first-order valence-corrected chi connectivity index (χ1v) is 11.7. The summed E-state index contributed by atoms with van der Waals surface area (Å²) in [5.41, 5.74) is 13.1. The van der Waals surface area contributed by atoms with Crippen LogP contribution in [0.15, 0.2) is 30.5 Å². The molecule has 0 aliphatic carbocycles. The molecule has 0 radical (unpaired) electrons. The second-order valence-electron chi connectivity index (χ2n) is 8.72. The molecule has 12 heteroatoms. The van der Waals surface area contributed by atoms with Crippen LogP contribution in [0.5, 0.6) is 0 Å². The van der Waals surface area contributed by atoms with E-state index in [1.54, 1.807) is 13.1 Å². The van der Waals surface area contributed by atoms with Gasteiger partial charge in [-0.25, -0.2) is 0 Å². The third kappa shape index (κ3) is 8.08. The minimum atomic E-state index is -1.23. The van der Waals surface area contributed by atoms with Crippen molar-refractivity contribution < 1.29 is 29.1 Å². The van der Waals surface area contributed by atoms with Crippen molar-refractivity contribution in [3.05, 3.63) is 36.0 Å². The van der Waals surface area contributed by atoms with E-state index in [9.17, 15) is 24.0 Å². The number of nitrogens with one attached hydrogen (secondary N) is 4. The molecule has 12 nitrogen and oxygen atoms in total. The molecule has 4 atom stereocenters. The lowest BCUT2D eigenvalue weighted by Gasteiger charge is -2.26. The molecule has 4 amide bonds. The van der Waals surface area contributed by atoms with Crippen LogP contribution >= 0.6 is 0 Å². The Morgan fingerprint density at radius 3 is 2.39 bits per heavy atom. The highest BCUT2D eigenvalue weighted by Gasteiger charge is 2.31. The topological polar surface area (TPSA) is 209 Å². The molecule has 1 aromatic heterocycles. The van der Waals surface area contributed by atoms with Crippen molar-refractivity contribution in [3.8, 4) is 0 Å². The molecule has 36 heavy (non-hydrogen) atoms. The first-order valence-electron chi connectivity index (χ1n) is 11.7. The van der Waals surface area contributed by atoms with Gasteiger partial charge in [0.05, 0.1) is 6.04 Å². The average Bonchev–Trinajstić information content (AvgIpc) is 3.25. The predicted octanol–water partition coefficient (Wildman–Crippen LogP) is -0.480. The number of nitrogens with two attached hydrogens (primary N) is 2. The maximum absolute atomic E-state index is 13.1. The van der Waals surface area contributed by atoms with Crippen molar-refractivity contribution in [1.82, 2.24) is 20.9 Å². The van der Waals surface area contributed by atoms with Crippen molar-refractivity contribution in [2.24, 2.45) is 17.4 Å². The maximum Gasteiger partial charge on any atom is 0.322 e. The number of carbonyl (C=O) groups excluding carboxylic acids is 4. The second-order valence-corrected chi connectivity index (χ2v) is 8.72. The molecule has 0 bridgehead atoms. The Kier molecular flexibility index (Phi) is 10.4. The van der Waals surface area contributed by atoms with Gasteiger partial charge in [0, 0.05) is 23.5 Å². The van der Waals surface area contributed by atoms with E-state index in [0.717, 1.165) is 16.5 Å². The minimum Gasteiger partial charge on any atom is -0.480 e. The highest BCUT2D eigenvalue weighted by Crippen LogP contribution is 2.19. The number of aromatic nitrogens is 1. The fourth-order valence-electron chi connectivity index (χ4n) is 3.69. The summed E-state index contributed by atoms with van der Waals surface area (Å²) in [6.07, 6.45) is 2.19. The SMILES string of the molecule is CCC(C)C(NC(=O)C(CCC(N)=O)NC(=O)C(N)Cc1c[nH]c2ccccc12)C(=O)NCC(=O)O. The molecule has 0 fully saturated rings. The minimum absolute atomic E-state index is 0.101. The molecule has 4 unspecified atom stereocenters. The van der Waals surface area contributed by atoms with Crippen LogP contribution in [0, 0.1) is 5.92 Å². The van der Waals surface area contributed by atoms with Crippen LogP contribution in [0.2, 0.25) is 0 Å². The third-order valence-corrected chi connectivity index (χ3v) is 5.97. The summed E-state index contributed by atoms with van der Waals surface area (Å²) in [5.74, 6) is -4.22. The zero-order valence-electron chi connectivity index (χ0n) is 20.4. The van der Waals surface area contributed by atoms with Crippen molar-refractivity contribution in [2.45, 2.75) is 57.7 Å². The number of H-pyrrole nitrogens is 1. The molecular weight excluding hydrogens is 468 g/mol. The number of carboxylic acids is 1. The molecule has 0 aliphatic rings. The monoisotopic (exact) mass is 502 g/mol. The molecule has 0 saturated carbocycles. The van der Waals surface area contributed by atoms with Gasteiger partial charge in [0.15, 0.2) is 0 Å². The highest BCUT2D eigenvalue weighted by molar-refractivity contribution is 5.94. The Labute approximate surface area is 208 Å². The summed E-state index contributed by atoms with van der Waals surface area (Å²) in [6, 6.07) is 4.33. The molecule has 1 heterocycles. The molecule has 2 aromatic rings. The quantitative estimate of drug-likeness (QED) is 0.180. The lowest BCUT2D eigenvalue weighted by molar-refractivity contribution is -0.139. The number of carboxylic acid groups (broad SMARTS) is 1. The summed E-state index contributed by atoms with van der Waals surface area (Å²) in [4.78, 5) is 63.7. The summed E-state index contributed by atoms with van der Waals surface area (Å²) in [5, 5.41) is 17.1. The number of carbonyl (C=O) groups is 5. The van der Waals surface area contributed by atoms with Gasteiger partial charge in [-0.2, -0.15) is 0 Å². The number of aliphatic carboxylic acids is 1. The zero-order chi connectivity index (χ0) is 26.8. The Morgan fingerprint density at radius 2 is 1.75 bits per heavy atom. The van der Waals surface area contributed by atoms with E-state index < -0.39 is 54.3 Å². The second kappa shape index (κ2) is 13.2. The van der Waals surface area contributed by atoms with Gasteiger partial charge in [0.1, 0.15) is 18.6 Å². The Balaban J connectivity index is 2.12. The first-order chi connectivity index (χ1) is 17.0. The molecule has 9 N–H and O–H groups in total. The van der Waals surface area contributed by atoms with Crippen LogP contribution in [0.25, 0.3) is 10.9 Å². The van der Waals surface area contributed by atoms with E-state index in [-0.39, 0.29) is 25.2 Å². The van der Waals surface area contributed by atoms with E-state index in [4.69, 9.17) is 16.6 Å². The summed E-state index contributed by atoms with van der Waals surface area (Å²) in [6.45, 7) is 2.93. The van der Waals surface area contributed by atoms with Crippen LogP contribution in [0.3, 0.4) is 0 Å². The summed E-state index contributed by atoms with van der Waals surface area (Å²) < 4.78 is 0. The number of benzene rings is 1. The molecular formula is C24H34N6O6. The largest absolute Gasteiger partial charge is 0.480 e. The Hall–Kier alpha value is -3.93. The molecule has 2 rings (SSSR count). The number of hydrogen-bond donors (Lipinski definition) is 7. The fraction of sp³-hybridized carbons (Fsp3) is 0.458. The standard InChI is InChI=1S/C24H34N6O6/c1-3-13(2)21(24(36)28-12-20(32)33)30-23(35)18(8-9-19(26)31)29-22(34)16(25)10-14-11-27-17-7-5-4-6-15(14)17/h4-7,11,13,16,18,21,27H,3,8-10,12,25H2,1-2H3,(H2,26,31)(H,28,36)(H,29,34)(H,30,35)(H,32,33). The van der Waals surface area contributed by atoms with Gasteiger partial charge in [-0.3, -0.25) is 24.0 Å². The predicted molar refractivity (Wildman–Crippen MR) is 132 cm³/mol. The highest BCUT2D eigenvalue weighted by atomic mass is 16.4. The third-order valence-electron chi connectivity index (χ3n) is 5.97. The van der Waals surface area contributed by atoms with Gasteiger partial charge in [-0.05, 0) is 30.4 Å². The molecule has 0 spiro atoms. The summed E-state index contributed by atoms with van der Waals surface area (Å²) >= 11 is 0. The van der Waals surface area contributed by atoms with Gasteiger partial charge < -0.3 is 37.5 Å².